The van der Waals surface area contributed by atoms with Gasteiger partial charge in [-0.05, 0) is 6.92 Å². The van der Waals surface area contributed by atoms with Crippen molar-refractivity contribution in [2.75, 3.05) is 33.0 Å². The normalized spacial score (nSPS) is 45.6. The van der Waals surface area contributed by atoms with E-state index in [0.717, 1.165) is 27.7 Å². The molecule has 6 saturated heterocycles. The van der Waals surface area contributed by atoms with Crippen LogP contribution in [0.3, 0.4) is 0 Å². The zero-order valence-corrected chi connectivity index (χ0v) is 45.1. The summed E-state index contributed by atoms with van der Waals surface area (Å²) in [6.07, 6.45) is -50.9. The van der Waals surface area contributed by atoms with E-state index >= 15 is 0 Å². The maximum atomic E-state index is 13.0. The molecule has 0 aromatic rings. The van der Waals surface area contributed by atoms with Crippen LogP contribution in [0.2, 0.25) is 0 Å². The predicted octanol–water partition coefficient (Wildman–Crippen LogP) is -12.7. The van der Waals surface area contributed by atoms with Crippen molar-refractivity contribution >= 4 is 34.0 Å². The van der Waals surface area contributed by atoms with Gasteiger partial charge in [-0.25, -0.2) is 4.18 Å². The largest absolute Gasteiger partial charge is 0.397 e. The Balaban J connectivity index is 1.39. The zero-order chi connectivity index (χ0) is 61.0. The van der Waals surface area contributed by atoms with Crippen molar-refractivity contribution in [3.05, 3.63) is 0 Å². The standard InChI is InChI=1S/C44H74N4O33S/c1-11-25(56)33(64)34(65)43(72-11)81-38-37(80-42-24(48-15(5)55)36(28(59)17(7-50)75-42)78-41-22(46-13(3)53)32(63)26(57)16(6-49)74-41)29(60)18(8-51)76-44(38)79-35-23(47-14(4)54)39(66)73-19(30(35)61)9-70-40-21(45-12(2)52)31(62)27(58)20(77-40)10-71-82(67,68)69/h11,16-44,49-51,56-66H,6-10H2,1-5H3,(H,45,52)(H,46,53)(H,47,54)(H,48,55)(H,67,68,69)/t11-,16+,17+,18+,19+,20+,21+,22+,23+,24+,25+,26+,27+,28-,29-,30-,31+,32+,33+,34-,35+,36+,37-,38+,39?,40+,41+,42+,43-,44-/m0/s1. The highest BCUT2D eigenvalue weighted by molar-refractivity contribution is 7.80. The van der Waals surface area contributed by atoms with Crippen LogP contribution in [-0.4, -0.2) is 325 Å². The van der Waals surface area contributed by atoms with Crippen molar-refractivity contribution < 1.29 is 160 Å². The third-order valence-electron chi connectivity index (χ3n) is 14.2. The van der Waals surface area contributed by atoms with Crippen LogP contribution in [0.15, 0.2) is 0 Å². The van der Waals surface area contributed by atoms with Crippen LogP contribution < -0.4 is 21.3 Å². The minimum absolute atomic E-state index is 0.791. The number of hydrogen-bond donors (Lipinski definition) is 19. The first kappa shape index (κ1) is 67.9. The van der Waals surface area contributed by atoms with Crippen molar-refractivity contribution in [2.24, 2.45) is 0 Å². The highest BCUT2D eigenvalue weighted by Gasteiger charge is 2.59. The first-order valence-corrected chi connectivity index (χ1v) is 27.0. The molecule has 0 aliphatic carbocycles. The fourth-order valence-corrected chi connectivity index (χ4v) is 10.4. The lowest BCUT2D eigenvalue weighted by atomic mass is 9.93. The highest BCUT2D eigenvalue weighted by Crippen LogP contribution is 2.38. The summed E-state index contributed by atoms with van der Waals surface area (Å²) < 4.78 is 101. The Kier molecular flexibility index (Phi) is 24.0. The lowest BCUT2D eigenvalue weighted by molar-refractivity contribution is -0.399. The van der Waals surface area contributed by atoms with Crippen LogP contribution in [0.5, 0.6) is 0 Å². The summed E-state index contributed by atoms with van der Waals surface area (Å²) in [5.41, 5.74) is 0. The third-order valence-corrected chi connectivity index (χ3v) is 14.6. The predicted molar refractivity (Wildman–Crippen MR) is 255 cm³/mol. The van der Waals surface area contributed by atoms with Crippen LogP contribution in [0.4, 0.5) is 0 Å². The summed E-state index contributed by atoms with van der Waals surface area (Å²) in [5.74, 6) is -3.39. The van der Waals surface area contributed by atoms with Gasteiger partial charge in [0.2, 0.25) is 23.6 Å². The van der Waals surface area contributed by atoms with E-state index in [0.29, 0.717) is 0 Å². The number of carbonyl (C=O) groups is 4. The second-order valence-electron chi connectivity index (χ2n) is 20.3. The first-order valence-electron chi connectivity index (χ1n) is 25.6. The van der Waals surface area contributed by atoms with Gasteiger partial charge in [0.25, 0.3) is 0 Å². The van der Waals surface area contributed by atoms with Crippen LogP contribution in [0, 0.1) is 0 Å². The summed E-state index contributed by atoms with van der Waals surface area (Å²) in [6, 6.07) is -7.02. The number of ether oxygens (including phenoxy) is 11. The number of carbonyl (C=O) groups excluding carboxylic acids is 4. The van der Waals surface area contributed by atoms with E-state index in [1.807, 2.05) is 0 Å². The second kappa shape index (κ2) is 29.0. The van der Waals surface area contributed by atoms with Gasteiger partial charge in [0.15, 0.2) is 37.7 Å². The number of hydrogen-bond acceptors (Lipinski definition) is 32. The van der Waals surface area contributed by atoms with Crippen molar-refractivity contribution in [1.29, 1.82) is 0 Å². The van der Waals surface area contributed by atoms with Crippen LogP contribution >= 0.6 is 0 Å². The van der Waals surface area contributed by atoms with Crippen molar-refractivity contribution in [3.8, 4) is 0 Å². The Labute approximate surface area is 466 Å². The second-order valence-corrected chi connectivity index (χ2v) is 21.3. The molecule has 37 nitrogen and oxygen atoms in total. The molecule has 4 amide bonds. The molecule has 0 aromatic carbocycles. The van der Waals surface area contributed by atoms with Gasteiger partial charge in [0.1, 0.15) is 140 Å². The molecular formula is C44H74N4O33S. The van der Waals surface area contributed by atoms with Crippen LogP contribution in [0.1, 0.15) is 34.6 Å². The molecule has 6 heterocycles. The summed E-state index contributed by atoms with van der Waals surface area (Å²) in [6.45, 7) is 0.0559. The molecule has 0 bridgehead atoms. The Morgan fingerprint density at radius 3 is 1.33 bits per heavy atom. The Morgan fingerprint density at radius 1 is 0.402 bits per heavy atom. The molecule has 38 heteroatoms. The van der Waals surface area contributed by atoms with Crippen molar-refractivity contribution in [2.45, 2.75) is 219 Å². The van der Waals surface area contributed by atoms with Crippen molar-refractivity contribution in [1.82, 2.24) is 21.3 Å². The molecule has 0 spiro atoms. The summed E-state index contributed by atoms with van der Waals surface area (Å²) in [7, 11) is -5.14. The molecule has 6 rings (SSSR count). The van der Waals surface area contributed by atoms with E-state index in [1.54, 1.807) is 0 Å². The number of amides is 4. The molecule has 82 heavy (non-hydrogen) atoms. The lowest BCUT2D eigenvalue weighted by Crippen LogP contribution is -2.72. The van der Waals surface area contributed by atoms with E-state index < -0.39 is 251 Å². The van der Waals surface area contributed by atoms with Gasteiger partial charge in [-0.1, -0.05) is 0 Å². The minimum Gasteiger partial charge on any atom is -0.394 e. The Hall–Kier alpha value is -3.25. The SMILES string of the molecule is CC(=O)N[C@H]1[C@H](OC[C@H]2OC(O)[C@H](NC(C)=O)[C@@H](O[C@@H]3O[C@H](CO)[C@H](O)[C@H](O[C@H]4O[C@H](CO)[C@H](O)[C@H](O[C@H]5O[C@H](CO)[C@@H](O)[C@H](O)[C@H]5NC(C)=O)[C@H]4NC(C)=O)[C@H]3O[C@@H]3O[C@@H](C)[C@@H](O)[C@@H](O)[C@@H]3O)[C@H]2O)O[C@H](COS(=O)(=O)O)[C@@H](O)[C@@H]1O. The van der Waals surface area contributed by atoms with E-state index in [1.165, 1.54) is 6.92 Å². The molecule has 6 aliphatic heterocycles. The van der Waals surface area contributed by atoms with Gasteiger partial charge in [-0.2, -0.15) is 8.42 Å². The van der Waals surface area contributed by atoms with Crippen LogP contribution in [0.25, 0.3) is 0 Å². The summed E-state index contributed by atoms with van der Waals surface area (Å²) in [4.78, 5) is 50.2. The smallest absolute Gasteiger partial charge is 0.394 e. The van der Waals surface area contributed by atoms with E-state index in [2.05, 4.69) is 25.5 Å². The quantitative estimate of drug-likeness (QED) is 0.0475. The van der Waals surface area contributed by atoms with E-state index in [4.69, 9.17) is 56.7 Å². The molecule has 19 N–H and O–H groups in total. The topological polar surface area (TPSA) is 565 Å². The highest BCUT2D eigenvalue weighted by atomic mass is 32.3. The summed E-state index contributed by atoms with van der Waals surface area (Å²) in [5, 5.41) is 164. The van der Waals surface area contributed by atoms with E-state index in [9.17, 15) is 99.1 Å². The molecule has 0 saturated carbocycles. The Bertz CT molecular complexity index is 2230. The molecule has 6 aliphatic rings. The van der Waals surface area contributed by atoms with Gasteiger partial charge >= 0.3 is 10.4 Å². The minimum atomic E-state index is -5.14. The van der Waals surface area contributed by atoms with Gasteiger partial charge in [0, 0.05) is 27.7 Å². The van der Waals surface area contributed by atoms with Crippen molar-refractivity contribution in [3.63, 3.8) is 0 Å². The maximum Gasteiger partial charge on any atom is 0.397 e. The molecule has 0 aromatic heterocycles. The average molecular weight is 1220 g/mol. The average Bonchev–Trinajstić information content (AvgIpc) is 2.15. The molecule has 6 fully saturated rings. The van der Waals surface area contributed by atoms with Gasteiger partial charge in [-0.15, -0.1) is 0 Å². The number of rotatable bonds is 21. The molecule has 30 atom stereocenters. The fourth-order valence-electron chi connectivity index (χ4n) is 10.1. The number of aliphatic hydroxyl groups is 14. The van der Waals surface area contributed by atoms with Gasteiger partial charge in [0.05, 0.1) is 39.1 Å². The fraction of sp³-hybridized carbons (Fsp3) is 0.909. The maximum absolute atomic E-state index is 13.0. The molecule has 0 radical (unpaired) electrons. The number of nitrogens with one attached hydrogen (secondary N) is 4. The van der Waals surface area contributed by atoms with Gasteiger partial charge in [-0.3, -0.25) is 23.7 Å². The number of aliphatic hydroxyl groups excluding tert-OH is 14. The molecule has 1 unspecified atom stereocenters. The molecule has 474 valence electrons. The Morgan fingerprint density at radius 2 is 0.793 bits per heavy atom. The summed E-state index contributed by atoms with van der Waals surface area (Å²) >= 11 is 0. The third kappa shape index (κ3) is 16.0. The lowest BCUT2D eigenvalue weighted by Gasteiger charge is -2.52. The van der Waals surface area contributed by atoms with Crippen LogP contribution in [-0.2, 0) is 85.9 Å². The monoisotopic (exact) mass is 1220 g/mol. The first-order chi connectivity index (χ1) is 38.4. The molecular weight excluding hydrogens is 1140 g/mol. The van der Waals surface area contributed by atoms with E-state index in [-0.39, 0.29) is 0 Å². The van der Waals surface area contributed by atoms with Gasteiger partial charge < -0.3 is 145 Å². The zero-order valence-electron chi connectivity index (χ0n) is 44.3.